The smallest absolute Gasteiger partial charge is 0.234 e. The van der Waals surface area contributed by atoms with Crippen LogP contribution in [0.5, 0.6) is 0 Å². The van der Waals surface area contributed by atoms with Crippen molar-refractivity contribution in [1.82, 2.24) is 10.2 Å². The highest BCUT2D eigenvalue weighted by Crippen LogP contribution is 2.22. The first-order valence-corrected chi connectivity index (χ1v) is 9.74. The molecule has 2 aliphatic heterocycles. The molecule has 28 heavy (non-hydrogen) atoms. The van der Waals surface area contributed by atoms with E-state index in [1.165, 1.54) is 12.8 Å². The van der Waals surface area contributed by atoms with Crippen molar-refractivity contribution in [3.8, 4) is 0 Å². The van der Waals surface area contributed by atoms with Crippen molar-refractivity contribution in [2.24, 2.45) is 11.7 Å². The Kier molecular flexibility index (Phi) is 10.8. The van der Waals surface area contributed by atoms with Gasteiger partial charge in [0.25, 0.3) is 0 Å². The third-order valence-corrected chi connectivity index (χ3v) is 5.53. The summed E-state index contributed by atoms with van der Waals surface area (Å²) in [4.78, 5) is 25.9. The van der Waals surface area contributed by atoms with Gasteiger partial charge in [0.2, 0.25) is 11.8 Å². The van der Waals surface area contributed by atoms with Crippen LogP contribution in [0.1, 0.15) is 44.1 Å². The molecule has 158 valence electrons. The largest absolute Gasteiger partial charge is 0.368 e. The van der Waals surface area contributed by atoms with Gasteiger partial charge in [0.15, 0.2) is 0 Å². The highest BCUT2D eigenvalue weighted by Gasteiger charge is 2.28. The number of anilines is 1. The Labute approximate surface area is 179 Å². The number of primary amides is 1. The van der Waals surface area contributed by atoms with Gasteiger partial charge in [-0.2, -0.15) is 0 Å². The van der Waals surface area contributed by atoms with E-state index in [4.69, 9.17) is 5.73 Å². The third-order valence-electron chi connectivity index (χ3n) is 5.53. The Bertz CT molecular complexity index is 638. The second-order valence-electron chi connectivity index (χ2n) is 7.51. The van der Waals surface area contributed by atoms with Gasteiger partial charge in [0.1, 0.15) is 0 Å². The standard InChI is InChI=1S/C20H30N4O2.2ClH/c21-20(26)18-5-2-12-24(18)14-16-3-1-4-17(13-16)23-19(25)7-6-15-8-10-22-11-9-15;;/h1,3-4,13,15,18,22H,2,5-12,14H2,(H2,21,26)(H,23,25);2*1H. The van der Waals surface area contributed by atoms with Gasteiger partial charge in [-0.25, -0.2) is 0 Å². The summed E-state index contributed by atoms with van der Waals surface area (Å²) in [7, 11) is 0. The number of rotatable bonds is 7. The van der Waals surface area contributed by atoms with Crippen LogP contribution in [0.2, 0.25) is 0 Å². The number of halogens is 2. The predicted octanol–water partition coefficient (Wildman–Crippen LogP) is 2.70. The summed E-state index contributed by atoms with van der Waals surface area (Å²) in [6.45, 7) is 3.71. The highest BCUT2D eigenvalue weighted by atomic mass is 35.5. The Morgan fingerprint density at radius 2 is 1.93 bits per heavy atom. The maximum Gasteiger partial charge on any atom is 0.234 e. The molecule has 0 saturated carbocycles. The van der Waals surface area contributed by atoms with E-state index in [0.717, 1.165) is 50.1 Å². The molecule has 2 fully saturated rings. The number of piperidine rings is 1. The predicted molar refractivity (Wildman–Crippen MR) is 117 cm³/mol. The van der Waals surface area contributed by atoms with Crippen molar-refractivity contribution in [2.75, 3.05) is 25.0 Å². The fraction of sp³-hybridized carbons (Fsp3) is 0.600. The molecule has 2 aliphatic rings. The zero-order valence-corrected chi connectivity index (χ0v) is 17.8. The molecule has 1 unspecified atom stereocenters. The number of carbonyl (C=O) groups excluding carboxylic acids is 2. The molecule has 0 spiro atoms. The first-order valence-electron chi connectivity index (χ1n) is 9.74. The van der Waals surface area contributed by atoms with E-state index >= 15 is 0 Å². The number of nitrogens with two attached hydrogens (primary N) is 1. The number of carbonyl (C=O) groups is 2. The number of nitrogens with one attached hydrogen (secondary N) is 2. The summed E-state index contributed by atoms with van der Waals surface area (Å²) in [5.74, 6) is 0.496. The summed E-state index contributed by atoms with van der Waals surface area (Å²) in [6.07, 6.45) is 5.70. The van der Waals surface area contributed by atoms with Crippen LogP contribution < -0.4 is 16.4 Å². The molecule has 0 aliphatic carbocycles. The van der Waals surface area contributed by atoms with E-state index < -0.39 is 0 Å². The van der Waals surface area contributed by atoms with Gasteiger partial charge in [-0.1, -0.05) is 12.1 Å². The molecule has 2 amide bonds. The molecule has 2 heterocycles. The van der Waals surface area contributed by atoms with Crippen molar-refractivity contribution in [3.05, 3.63) is 29.8 Å². The molecule has 1 atom stereocenters. The second kappa shape index (κ2) is 12.3. The maximum absolute atomic E-state index is 12.3. The summed E-state index contributed by atoms with van der Waals surface area (Å²) >= 11 is 0. The molecule has 0 bridgehead atoms. The zero-order chi connectivity index (χ0) is 18.4. The first kappa shape index (κ1) is 24.7. The van der Waals surface area contributed by atoms with Crippen molar-refractivity contribution in [3.63, 3.8) is 0 Å². The zero-order valence-electron chi connectivity index (χ0n) is 16.2. The summed E-state index contributed by atoms with van der Waals surface area (Å²) in [5, 5.41) is 6.37. The van der Waals surface area contributed by atoms with Gasteiger partial charge in [0, 0.05) is 18.7 Å². The van der Waals surface area contributed by atoms with E-state index in [2.05, 4.69) is 15.5 Å². The van der Waals surface area contributed by atoms with Gasteiger partial charge in [0.05, 0.1) is 6.04 Å². The quantitative estimate of drug-likeness (QED) is 0.620. The van der Waals surface area contributed by atoms with Crippen LogP contribution >= 0.6 is 24.8 Å². The van der Waals surface area contributed by atoms with Crippen molar-refractivity contribution < 1.29 is 9.59 Å². The van der Waals surface area contributed by atoms with E-state index in [0.29, 0.717) is 18.9 Å². The van der Waals surface area contributed by atoms with Gasteiger partial charge < -0.3 is 16.4 Å². The number of hydrogen-bond acceptors (Lipinski definition) is 4. The van der Waals surface area contributed by atoms with Crippen LogP contribution in [0.3, 0.4) is 0 Å². The molecule has 8 heteroatoms. The molecule has 0 radical (unpaired) electrons. The maximum atomic E-state index is 12.3. The van der Waals surface area contributed by atoms with Gasteiger partial charge in [-0.05, 0) is 75.4 Å². The SMILES string of the molecule is Cl.Cl.NC(=O)C1CCCN1Cc1cccc(NC(=O)CCC2CCNCC2)c1. The topological polar surface area (TPSA) is 87.5 Å². The highest BCUT2D eigenvalue weighted by molar-refractivity contribution is 5.90. The monoisotopic (exact) mass is 430 g/mol. The van der Waals surface area contributed by atoms with Crippen LogP contribution in [0.4, 0.5) is 5.69 Å². The Morgan fingerprint density at radius 3 is 2.64 bits per heavy atom. The minimum absolute atomic E-state index is 0. The van der Waals surface area contributed by atoms with Crippen LogP contribution in [0.15, 0.2) is 24.3 Å². The van der Waals surface area contributed by atoms with Crippen LogP contribution in [0, 0.1) is 5.92 Å². The minimum Gasteiger partial charge on any atom is -0.368 e. The fourth-order valence-corrected chi connectivity index (χ4v) is 4.05. The third kappa shape index (κ3) is 7.24. The lowest BCUT2D eigenvalue weighted by molar-refractivity contribution is -0.122. The van der Waals surface area contributed by atoms with E-state index in [-0.39, 0.29) is 42.7 Å². The number of amides is 2. The minimum atomic E-state index is -0.245. The van der Waals surface area contributed by atoms with Crippen LogP contribution in [-0.2, 0) is 16.1 Å². The molecule has 1 aromatic rings. The van der Waals surface area contributed by atoms with Gasteiger partial charge >= 0.3 is 0 Å². The molecule has 4 N–H and O–H groups in total. The normalized spacial score (nSPS) is 20.1. The summed E-state index contributed by atoms with van der Waals surface area (Å²) in [5.41, 5.74) is 7.41. The van der Waals surface area contributed by atoms with E-state index in [9.17, 15) is 9.59 Å². The lowest BCUT2D eigenvalue weighted by Gasteiger charge is -2.22. The molecule has 2 saturated heterocycles. The van der Waals surface area contributed by atoms with E-state index in [1.54, 1.807) is 0 Å². The number of benzene rings is 1. The summed E-state index contributed by atoms with van der Waals surface area (Å²) < 4.78 is 0. The second-order valence-corrected chi connectivity index (χ2v) is 7.51. The molecular formula is C20H32Cl2N4O2. The van der Waals surface area contributed by atoms with Crippen molar-refractivity contribution >= 4 is 42.3 Å². The first-order chi connectivity index (χ1) is 12.6. The Balaban J connectivity index is 0.00000196. The number of hydrogen-bond donors (Lipinski definition) is 3. The average Bonchev–Trinajstić information content (AvgIpc) is 3.09. The Hall–Kier alpha value is -1.34. The number of nitrogens with zero attached hydrogens (tertiary/aromatic N) is 1. The number of likely N-dealkylation sites (tertiary alicyclic amines) is 1. The summed E-state index contributed by atoms with van der Waals surface area (Å²) in [6, 6.07) is 7.73. The van der Waals surface area contributed by atoms with Crippen LogP contribution in [-0.4, -0.2) is 42.4 Å². The molecule has 6 nitrogen and oxygen atoms in total. The lowest BCUT2D eigenvalue weighted by Crippen LogP contribution is -2.39. The molecule has 3 rings (SSSR count). The van der Waals surface area contributed by atoms with Gasteiger partial charge in [-0.15, -0.1) is 24.8 Å². The van der Waals surface area contributed by atoms with E-state index in [1.807, 2.05) is 24.3 Å². The van der Waals surface area contributed by atoms with Gasteiger partial charge in [-0.3, -0.25) is 14.5 Å². The molecule has 0 aromatic heterocycles. The average molecular weight is 431 g/mol. The van der Waals surface area contributed by atoms with Crippen molar-refractivity contribution in [2.45, 2.75) is 51.1 Å². The fourth-order valence-electron chi connectivity index (χ4n) is 4.05. The van der Waals surface area contributed by atoms with Crippen molar-refractivity contribution in [1.29, 1.82) is 0 Å². The lowest BCUT2D eigenvalue weighted by atomic mass is 9.93. The molecule has 1 aromatic carbocycles. The molecular weight excluding hydrogens is 399 g/mol. The van der Waals surface area contributed by atoms with Crippen LogP contribution in [0.25, 0.3) is 0 Å². The Morgan fingerprint density at radius 1 is 1.18 bits per heavy atom.